The van der Waals surface area contributed by atoms with E-state index < -0.39 is 17.9 Å². The molecule has 0 saturated heterocycles. The molecule has 0 aliphatic carbocycles. The first kappa shape index (κ1) is 24.6. The molecule has 1 aromatic carbocycles. The normalized spacial score (nSPS) is 15.2. The van der Waals surface area contributed by atoms with Crippen LogP contribution >= 0.6 is 39.1 Å². The van der Waals surface area contributed by atoms with Crippen molar-refractivity contribution in [3.8, 4) is 0 Å². The van der Waals surface area contributed by atoms with Crippen molar-refractivity contribution < 1.29 is 14.3 Å². The van der Waals surface area contributed by atoms with E-state index in [1.807, 2.05) is 30.5 Å². The van der Waals surface area contributed by atoms with Crippen molar-refractivity contribution in [1.29, 1.82) is 0 Å². The topological polar surface area (TPSA) is 73.5 Å². The molecular formula is C24H22BrCl2N3O4. The fourth-order valence-electron chi connectivity index (χ4n) is 4.32. The molecule has 3 aromatic rings. The average Bonchev–Trinajstić information content (AvgIpc) is 3.23. The molecule has 7 nitrogen and oxygen atoms in total. The van der Waals surface area contributed by atoms with Crippen molar-refractivity contribution in [3.63, 3.8) is 0 Å². The van der Waals surface area contributed by atoms with Gasteiger partial charge >= 0.3 is 5.97 Å². The van der Waals surface area contributed by atoms with Gasteiger partial charge in [-0.2, -0.15) is 0 Å². The number of rotatable bonds is 5. The summed E-state index contributed by atoms with van der Waals surface area (Å²) < 4.78 is 9.02. The zero-order valence-corrected chi connectivity index (χ0v) is 22.0. The highest BCUT2D eigenvalue weighted by atomic mass is 79.9. The summed E-state index contributed by atoms with van der Waals surface area (Å²) in [5.74, 6) is -0.985. The summed E-state index contributed by atoms with van der Waals surface area (Å²) in [5, 5.41) is 0.537. The number of aromatic nitrogens is 2. The lowest BCUT2D eigenvalue weighted by molar-refractivity contribution is 0.0522. The number of anilines is 1. The van der Waals surface area contributed by atoms with Crippen LogP contribution in [0.25, 0.3) is 0 Å². The molecule has 4 rings (SSSR count). The molecule has 178 valence electrons. The maximum atomic E-state index is 14.0. The number of halogens is 3. The molecule has 0 bridgehead atoms. The Bertz CT molecular complexity index is 1340. The second kappa shape index (κ2) is 9.24. The predicted molar refractivity (Wildman–Crippen MR) is 135 cm³/mol. The third kappa shape index (κ3) is 3.87. The van der Waals surface area contributed by atoms with Crippen LogP contribution in [0.5, 0.6) is 0 Å². The number of esters is 1. The number of amides is 1. The van der Waals surface area contributed by atoms with Crippen LogP contribution in [0.15, 0.2) is 45.9 Å². The van der Waals surface area contributed by atoms with Crippen molar-refractivity contribution in [1.82, 2.24) is 9.13 Å². The van der Waals surface area contributed by atoms with E-state index in [-0.39, 0.29) is 34.4 Å². The van der Waals surface area contributed by atoms with Gasteiger partial charge in [-0.3, -0.25) is 14.5 Å². The molecule has 0 saturated carbocycles. The lowest BCUT2D eigenvalue weighted by Gasteiger charge is -2.29. The highest BCUT2D eigenvalue weighted by Gasteiger charge is 2.47. The van der Waals surface area contributed by atoms with Crippen LogP contribution in [0.2, 0.25) is 10.0 Å². The zero-order valence-electron chi connectivity index (χ0n) is 18.9. The third-order valence-electron chi connectivity index (χ3n) is 5.72. The molecule has 2 aromatic heterocycles. The van der Waals surface area contributed by atoms with Gasteiger partial charge in [-0.25, -0.2) is 4.79 Å². The van der Waals surface area contributed by atoms with Crippen LogP contribution in [0.1, 0.15) is 64.8 Å². The largest absolute Gasteiger partial charge is 0.462 e. The molecular weight excluding hydrogens is 545 g/mol. The summed E-state index contributed by atoms with van der Waals surface area (Å²) in [7, 11) is 1.57. The van der Waals surface area contributed by atoms with Gasteiger partial charge < -0.3 is 13.9 Å². The fraction of sp³-hybridized carbons (Fsp3) is 0.292. The minimum Gasteiger partial charge on any atom is -0.462 e. The lowest BCUT2D eigenvalue weighted by atomic mass is 10.0. The predicted octanol–water partition coefficient (Wildman–Crippen LogP) is 5.76. The average molecular weight is 567 g/mol. The van der Waals surface area contributed by atoms with Gasteiger partial charge in [-0.05, 0) is 60.5 Å². The van der Waals surface area contributed by atoms with Gasteiger partial charge in [-0.1, -0.05) is 35.3 Å². The van der Waals surface area contributed by atoms with E-state index in [9.17, 15) is 14.4 Å². The lowest BCUT2D eigenvalue weighted by Crippen LogP contribution is -2.32. The molecule has 34 heavy (non-hydrogen) atoms. The number of hydrogen-bond acceptors (Lipinski definition) is 4. The first-order chi connectivity index (χ1) is 16.1. The quantitative estimate of drug-likeness (QED) is 0.368. The van der Waals surface area contributed by atoms with Crippen molar-refractivity contribution in [2.24, 2.45) is 7.05 Å². The van der Waals surface area contributed by atoms with Crippen LogP contribution in [-0.2, 0) is 11.8 Å². The Kier molecular flexibility index (Phi) is 6.68. The number of carbonyl (C=O) groups excluding carboxylic acids is 2. The Morgan fingerprint density at radius 2 is 1.82 bits per heavy atom. The summed E-state index contributed by atoms with van der Waals surface area (Å²) in [6.07, 6.45) is 1.56. The minimum absolute atomic E-state index is 0.0160. The van der Waals surface area contributed by atoms with Crippen LogP contribution in [0, 0.1) is 0 Å². The van der Waals surface area contributed by atoms with Gasteiger partial charge in [-0.15, -0.1) is 0 Å². The Balaban J connectivity index is 2.06. The zero-order chi connectivity index (χ0) is 24.9. The molecule has 1 unspecified atom stereocenters. The summed E-state index contributed by atoms with van der Waals surface area (Å²) >= 11 is 15.9. The molecule has 1 amide bonds. The summed E-state index contributed by atoms with van der Waals surface area (Å²) in [4.78, 5) is 40.7. The highest BCUT2D eigenvalue weighted by Crippen LogP contribution is 2.47. The summed E-state index contributed by atoms with van der Waals surface area (Å²) in [6, 6.07) is 7.94. The van der Waals surface area contributed by atoms with E-state index in [0.29, 0.717) is 21.0 Å². The highest BCUT2D eigenvalue weighted by molar-refractivity contribution is 9.10. The van der Waals surface area contributed by atoms with Crippen LogP contribution < -0.4 is 10.5 Å². The standard InChI is InChI=1S/C24H22BrCl2N3O4/c1-5-34-24(33)18-17-20(29(12(2)3)21(18)25)19(13-6-8-14(26)9-7-13)30(23(17)32)15-10-16(27)22(31)28(4)11-15/h6-12,19H,5H2,1-4H3. The molecule has 1 aliphatic heterocycles. The van der Waals surface area contributed by atoms with E-state index in [2.05, 4.69) is 15.9 Å². The number of hydrogen-bond donors (Lipinski definition) is 0. The van der Waals surface area contributed by atoms with Crippen LogP contribution in [0.3, 0.4) is 0 Å². The maximum absolute atomic E-state index is 14.0. The second-order valence-electron chi connectivity index (χ2n) is 8.20. The molecule has 0 radical (unpaired) electrons. The van der Waals surface area contributed by atoms with Crippen LogP contribution in [0.4, 0.5) is 5.69 Å². The van der Waals surface area contributed by atoms with Crippen molar-refractivity contribution in [2.45, 2.75) is 32.9 Å². The molecule has 1 aliphatic rings. The molecule has 0 spiro atoms. The first-order valence-corrected chi connectivity index (χ1v) is 12.2. The molecule has 0 fully saturated rings. The van der Waals surface area contributed by atoms with Gasteiger partial charge in [0.05, 0.1) is 23.6 Å². The number of nitrogens with zero attached hydrogens (tertiary/aromatic N) is 3. The SMILES string of the molecule is CCOC(=O)c1c2c(n(C(C)C)c1Br)C(c1ccc(Cl)cc1)N(c1cc(Cl)c(=O)n(C)c1)C2=O. The Morgan fingerprint density at radius 3 is 2.38 bits per heavy atom. The van der Waals surface area contributed by atoms with E-state index in [1.54, 1.807) is 37.2 Å². The van der Waals surface area contributed by atoms with Gasteiger partial charge in [0, 0.05) is 24.3 Å². The third-order valence-corrected chi connectivity index (χ3v) is 7.02. The van der Waals surface area contributed by atoms with Gasteiger partial charge in [0.1, 0.15) is 21.2 Å². The maximum Gasteiger partial charge on any atom is 0.341 e. The molecule has 1 atom stereocenters. The number of aryl methyl sites for hydroxylation is 1. The molecule has 3 heterocycles. The first-order valence-electron chi connectivity index (χ1n) is 10.6. The summed E-state index contributed by atoms with van der Waals surface area (Å²) in [5.41, 5.74) is 1.90. The van der Waals surface area contributed by atoms with E-state index in [0.717, 1.165) is 5.56 Å². The minimum atomic E-state index is -0.602. The number of fused-ring (bicyclic) bond motifs is 1. The van der Waals surface area contributed by atoms with Gasteiger partial charge in [0.2, 0.25) is 0 Å². The number of carbonyl (C=O) groups is 2. The van der Waals surface area contributed by atoms with Crippen molar-refractivity contribution >= 4 is 56.7 Å². The van der Waals surface area contributed by atoms with Crippen molar-refractivity contribution in [3.05, 3.63) is 83.9 Å². The molecule has 0 N–H and O–H groups in total. The van der Waals surface area contributed by atoms with Crippen molar-refractivity contribution in [2.75, 3.05) is 11.5 Å². The number of ether oxygens (including phenoxy) is 1. The monoisotopic (exact) mass is 565 g/mol. The Labute approximate surface area is 215 Å². The number of pyridine rings is 1. The van der Waals surface area contributed by atoms with E-state index in [4.69, 9.17) is 27.9 Å². The number of benzene rings is 1. The van der Waals surface area contributed by atoms with E-state index >= 15 is 0 Å². The fourth-order valence-corrected chi connectivity index (χ4v) is 5.65. The smallest absolute Gasteiger partial charge is 0.341 e. The van der Waals surface area contributed by atoms with Crippen LogP contribution in [-0.4, -0.2) is 27.6 Å². The summed E-state index contributed by atoms with van der Waals surface area (Å²) in [6.45, 7) is 5.81. The Hall–Kier alpha value is -2.55. The second-order valence-corrected chi connectivity index (χ2v) is 9.80. The Morgan fingerprint density at radius 1 is 1.18 bits per heavy atom. The van der Waals surface area contributed by atoms with Gasteiger partial charge in [0.15, 0.2) is 0 Å². The van der Waals surface area contributed by atoms with Gasteiger partial charge in [0.25, 0.3) is 11.5 Å². The van der Waals surface area contributed by atoms with E-state index in [1.165, 1.54) is 10.6 Å². The molecule has 10 heteroatoms.